The number of benzene rings is 2. The molecule has 0 amide bonds. The molecule has 5 heteroatoms. The van der Waals surface area contributed by atoms with Gasteiger partial charge in [0.1, 0.15) is 0 Å². The van der Waals surface area contributed by atoms with Crippen LogP contribution in [-0.2, 0) is 39.0 Å². The van der Waals surface area contributed by atoms with Gasteiger partial charge in [0.25, 0.3) is 0 Å². The van der Waals surface area contributed by atoms with E-state index in [0.29, 0.717) is 0 Å². The smallest absolute Gasteiger partial charge is 0.467 e. The molecular formula is C20H20N4Zr. The van der Waals surface area contributed by atoms with Gasteiger partial charge in [0, 0.05) is 0 Å². The second kappa shape index (κ2) is 14.1. The summed E-state index contributed by atoms with van der Waals surface area (Å²) >= 11 is 0. The van der Waals surface area contributed by atoms with Crippen molar-refractivity contribution in [3.05, 3.63) is 109 Å². The molecule has 124 valence electrons. The average molecular weight is 408 g/mol. The van der Waals surface area contributed by atoms with Crippen LogP contribution < -0.4 is 0 Å². The Bertz CT molecular complexity index is 611. The number of aryl methyl sites for hydroxylation is 2. The molecule has 0 saturated carbocycles. The SMILES string of the molecule is [Zr+2].[c-]1ncc[nH]1.[c-]1ncc[nH]1.c1ccc(CCc2ccccc2)cc1. The van der Waals surface area contributed by atoms with Crippen molar-refractivity contribution in [2.45, 2.75) is 12.8 Å². The first-order chi connectivity index (χ1) is 11.9. The first-order valence-electron chi connectivity index (χ1n) is 7.74. The molecule has 2 N–H and O–H groups in total. The Morgan fingerprint density at radius 3 is 1.28 bits per heavy atom. The average Bonchev–Trinajstić information content (AvgIpc) is 3.40. The van der Waals surface area contributed by atoms with Crippen LogP contribution in [0.15, 0.2) is 85.5 Å². The molecule has 0 fully saturated rings. The second-order valence-corrected chi connectivity index (χ2v) is 4.87. The van der Waals surface area contributed by atoms with E-state index in [4.69, 9.17) is 0 Å². The van der Waals surface area contributed by atoms with E-state index in [0.717, 1.165) is 12.8 Å². The fourth-order valence-corrected chi connectivity index (χ4v) is 1.95. The minimum atomic E-state index is 0. The molecule has 4 nitrogen and oxygen atoms in total. The Labute approximate surface area is 167 Å². The van der Waals surface area contributed by atoms with Gasteiger partial charge in [-0.3, -0.25) is 0 Å². The summed E-state index contributed by atoms with van der Waals surface area (Å²) in [5.41, 5.74) is 2.83. The number of rotatable bonds is 3. The van der Waals surface area contributed by atoms with E-state index in [1.807, 2.05) is 0 Å². The normalized spacial score (nSPS) is 8.80. The maximum absolute atomic E-state index is 3.54. The van der Waals surface area contributed by atoms with Gasteiger partial charge in [-0.05, 0) is 36.6 Å². The van der Waals surface area contributed by atoms with Gasteiger partial charge >= 0.3 is 26.2 Å². The number of nitrogens with zero attached hydrogens (tertiary/aromatic N) is 2. The molecule has 2 aromatic heterocycles. The number of hydrogen-bond donors (Lipinski definition) is 2. The Balaban J connectivity index is 0.000000233. The molecule has 0 unspecified atom stereocenters. The van der Waals surface area contributed by atoms with Crippen LogP contribution in [0.4, 0.5) is 0 Å². The van der Waals surface area contributed by atoms with E-state index in [2.05, 4.69) is 93.3 Å². The minimum Gasteiger partial charge on any atom is -0.467 e. The van der Waals surface area contributed by atoms with Crippen LogP contribution in [0.2, 0.25) is 0 Å². The van der Waals surface area contributed by atoms with Crippen molar-refractivity contribution < 1.29 is 26.2 Å². The van der Waals surface area contributed by atoms with Gasteiger partial charge in [-0.25, -0.2) is 0 Å². The van der Waals surface area contributed by atoms with E-state index >= 15 is 0 Å². The van der Waals surface area contributed by atoms with Crippen molar-refractivity contribution in [3.63, 3.8) is 0 Å². The van der Waals surface area contributed by atoms with Gasteiger partial charge in [0.15, 0.2) is 0 Å². The van der Waals surface area contributed by atoms with Crippen molar-refractivity contribution in [2.24, 2.45) is 0 Å². The first-order valence-corrected chi connectivity index (χ1v) is 7.74. The van der Waals surface area contributed by atoms with Crippen LogP contribution in [0.3, 0.4) is 0 Å². The number of aromatic amines is 2. The fraction of sp³-hybridized carbons (Fsp3) is 0.100. The monoisotopic (exact) mass is 406 g/mol. The predicted molar refractivity (Wildman–Crippen MR) is 95.1 cm³/mol. The number of aromatic nitrogens is 4. The largest absolute Gasteiger partial charge is 2.00 e. The topological polar surface area (TPSA) is 57.4 Å². The molecule has 4 aromatic rings. The molecule has 0 spiro atoms. The van der Waals surface area contributed by atoms with E-state index < -0.39 is 0 Å². The first kappa shape index (κ1) is 20.8. The van der Waals surface area contributed by atoms with Gasteiger partial charge < -0.3 is 19.9 Å². The number of imidazole rings is 2. The van der Waals surface area contributed by atoms with Crippen LogP contribution in [0, 0.1) is 12.7 Å². The fourth-order valence-electron chi connectivity index (χ4n) is 1.95. The summed E-state index contributed by atoms with van der Waals surface area (Å²) in [6.07, 6.45) is 13.9. The van der Waals surface area contributed by atoms with E-state index in [1.54, 1.807) is 24.8 Å². The zero-order valence-electron chi connectivity index (χ0n) is 13.9. The summed E-state index contributed by atoms with van der Waals surface area (Å²) in [7, 11) is 0. The standard InChI is InChI=1S/C14H14.2C3H3N2.Zr/c1-3-7-13(8-4-1)11-12-14-9-5-2-6-10-14;2*1-2-5-3-4-1;/h1-10H,11-12H2;2*1-2H,(H,4,5);/q;2*-1;+2. The van der Waals surface area contributed by atoms with Crippen molar-refractivity contribution in [3.8, 4) is 0 Å². The summed E-state index contributed by atoms with van der Waals surface area (Å²) in [6, 6.07) is 21.2. The quantitative estimate of drug-likeness (QED) is 0.506. The van der Waals surface area contributed by atoms with Crippen LogP contribution >= 0.6 is 0 Å². The van der Waals surface area contributed by atoms with Gasteiger partial charge in [0.05, 0.1) is 0 Å². The number of H-pyrrole nitrogens is 2. The van der Waals surface area contributed by atoms with E-state index in [9.17, 15) is 0 Å². The molecule has 4 rings (SSSR count). The zero-order chi connectivity index (χ0) is 16.7. The van der Waals surface area contributed by atoms with Crippen LogP contribution in [0.1, 0.15) is 11.1 Å². The molecule has 0 saturated heterocycles. The predicted octanol–water partition coefficient (Wildman–Crippen LogP) is 3.89. The van der Waals surface area contributed by atoms with Crippen molar-refractivity contribution in [1.29, 1.82) is 0 Å². The zero-order valence-corrected chi connectivity index (χ0v) is 16.3. The number of hydrogen-bond acceptors (Lipinski definition) is 2. The maximum Gasteiger partial charge on any atom is 2.00 e. The van der Waals surface area contributed by atoms with Crippen LogP contribution in [0.25, 0.3) is 0 Å². The third kappa shape index (κ3) is 10.3. The molecule has 0 aliphatic heterocycles. The minimum absolute atomic E-state index is 0. The van der Waals surface area contributed by atoms with E-state index in [1.165, 1.54) is 11.1 Å². The summed E-state index contributed by atoms with van der Waals surface area (Å²) in [6.45, 7) is 0. The third-order valence-electron chi connectivity index (χ3n) is 3.11. The molecule has 0 aliphatic carbocycles. The molecule has 2 heterocycles. The maximum atomic E-state index is 3.54. The molecule has 25 heavy (non-hydrogen) atoms. The third-order valence-corrected chi connectivity index (χ3v) is 3.11. The van der Waals surface area contributed by atoms with Crippen molar-refractivity contribution >= 4 is 0 Å². The summed E-state index contributed by atoms with van der Waals surface area (Å²) in [4.78, 5) is 12.3. The van der Waals surface area contributed by atoms with Crippen molar-refractivity contribution in [2.75, 3.05) is 0 Å². The van der Waals surface area contributed by atoms with Crippen LogP contribution in [0.5, 0.6) is 0 Å². The Morgan fingerprint density at radius 2 is 1.04 bits per heavy atom. The Hall–Kier alpha value is -2.26. The molecule has 2 aromatic carbocycles. The molecule has 0 bridgehead atoms. The molecule has 0 radical (unpaired) electrons. The molecular weight excluding hydrogens is 387 g/mol. The molecule has 0 aliphatic rings. The summed E-state index contributed by atoms with van der Waals surface area (Å²) in [5.74, 6) is 0. The van der Waals surface area contributed by atoms with Gasteiger partial charge in [-0.15, -0.1) is 24.8 Å². The summed E-state index contributed by atoms with van der Waals surface area (Å²) in [5, 5.41) is 0. The van der Waals surface area contributed by atoms with Crippen molar-refractivity contribution in [1.82, 2.24) is 19.9 Å². The Morgan fingerprint density at radius 1 is 0.640 bits per heavy atom. The summed E-state index contributed by atoms with van der Waals surface area (Å²) < 4.78 is 0. The van der Waals surface area contributed by atoms with Gasteiger partial charge in [0.2, 0.25) is 0 Å². The van der Waals surface area contributed by atoms with Gasteiger partial charge in [-0.1, -0.05) is 60.7 Å². The van der Waals surface area contributed by atoms with E-state index in [-0.39, 0.29) is 26.2 Å². The van der Waals surface area contributed by atoms with Gasteiger partial charge in [-0.2, -0.15) is 0 Å². The second-order valence-electron chi connectivity index (χ2n) is 4.87. The molecule has 0 atom stereocenters. The number of nitrogens with one attached hydrogen (secondary N) is 2. The van der Waals surface area contributed by atoms with Crippen LogP contribution in [-0.4, -0.2) is 19.9 Å². The Kier molecular flexibility index (Phi) is 11.7.